The fourth-order valence-electron chi connectivity index (χ4n) is 2.83. The van der Waals surface area contributed by atoms with Crippen molar-refractivity contribution in [3.63, 3.8) is 0 Å². The van der Waals surface area contributed by atoms with Crippen molar-refractivity contribution < 1.29 is 13.2 Å². The van der Waals surface area contributed by atoms with Gasteiger partial charge in [-0.05, 0) is 0 Å². The van der Waals surface area contributed by atoms with E-state index in [2.05, 4.69) is 23.1 Å². The van der Waals surface area contributed by atoms with E-state index in [-0.39, 0.29) is 17.2 Å². The van der Waals surface area contributed by atoms with Crippen molar-refractivity contribution in [2.45, 2.75) is 0 Å². The summed E-state index contributed by atoms with van der Waals surface area (Å²) in [5.74, 6) is -2.31. The van der Waals surface area contributed by atoms with Crippen LogP contribution in [0.2, 0.25) is 0 Å². The van der Waals surface area contributed by atoms with Crippen molar-refractivity contribution in [2.24, 2.45) is 0 Å². The molecule has 2 N–H and O–H groups in total. The summed E-state index contributed by atoms with van der Waals surface area (Å²) in [4.78, 5) is 9.55. The van der Waals surface area contributed by atoms with E-state index in [0.29, 0.717) is 30.2 Å². The van der Waals surface area contributed by atoms with Gasteiger partial charge in [-0.2, -0.15) is 11.8 Å². The van der Waals surface area contributed by atoms with Gasteiger partial charge in [0, 0.05) is 30.2 Å². The third-order valence-corrected chi connectivity index (χ3v) is 5.02. The van der Waals surface area contributed by atoms with Gasteiger partial charge in [0.05, 0.1) is 5.39 Å². The second-order valence-electron chi connectivity index (χ2n) is 5.61. The molecule has 0 bridgehead atoms. The number of hydrogen-bond donors (Lipinski definition) is 1. The molecule has 1 aromatic carbocycles. The Hall–Kier alpha value is -2.48. The van der Waals surface area contributed by atoms with Gasteiger partial charge < -0.3 is 10.6 Å². The standard InChI is InChI=1S/C18H17F3N4S/c1-3-5-10(4-2)18-23-15-11(17(22)24-18)12(19)13(20)16(14(15)21)25-6-8-26-9-7-25/h3-5H,1-2,6-9H2,(H2,22,23,24)/b10-5+. The first-order valence-corrected chi connectivity index (χ1v) is 9.07. The Morgan fingerprint density at radius 2 is 1.77 bits per heavy atom. The first kappa shape index (κ1) is 18.3. The van der Waals surface area contributed by atoms with E-state index in [1.807, 2.05) is 0 Å². The molecule has 0 aliphatic carbocycles. The Kier molecular flexibility index (Phi) is 5.22. The number of fused-ring (bicyclic) bond motifs is 1. The van der Waals surface area contributed by atoms with Gasteiger partial charge in [-0.3, -0.25) is 0 Å². The van der Waals surface area contributed by atoms with Crippen molar-refractivity contribution in [3.05, 3.63) is 54.7 Å². The van der Waals surface area contributed by atoms with Crippen LogP contribution in [0.25, 0.3) is 16.5 Å². The monoisotopic (exact) mass is 378 g/mol. The van der Waals surface area contributed by atoms with Crippen LogP contribution < -0.4 is 10.6 Å². The molecular formula is C18H17F3N4S. The Labute approximate surface area is 153 Å². The summed E-state index contributed by atoms with van der Waals surface area (Å²) in [6.07, 6.45) is 4.50. The zero-order valence-electron chi connectivity index (χ0n) is 13.9. The van der Waals surface area contributed by atoms with Crippen LogP contribution in [-0.2, 0) is 0 Å². The molecule has 0 radical (unpaired) electrons. The van der Waals surface area contributed by atoms with E-state index in [1.165, 1.54) is 17.1 Å². The van der Waals surface area contributed by atoms with Crippen molar-refractivity contribution in [1.82, 2.24) is 9.97 Å². The maximum absolute atomic E-state index is 15.1. The number of hydrogen-bond acceptors (Lipinski definition) is 5. The molecule has 136 valence electrons. The van der Waals surface area contributed by atoms with E-state index >= 15 is 4.39 Å². The molecule has 26 heavy (non-hydrogen) atoms. The number of anilines is 2. The van der Waals surface area contributed by atoms with Crippen molar-refractivity contribution >= 4 is 39.7 Å². The molecule has 4 nitrogen and oxygen atoms in total. The molecule has 0 amide bonds. The predicted molar refractivity (Wildman–Crippen MR) is 102 cm³/mol. The first-order chi connectivity index (χ1) is 12.5. The lowest BCUT2D eigenvalue weighted by molar-refractivity contribution is 0.502. The molecule has 1 fully saturated rings. The van der Waals surface area contributed by atoms with Gasteiger partial charge in [-0.25, -0.2) is 23.1 Å². The van der Waals surface area contributed by atoms with Gasteiger partial charge in [-0.1, -0.05) is 31.4 Å². The van der Waals surface area contributed by atoms with E-state index < -0.39 is 28.5 Å². The third-order valence-electron chi connectivity index (χ3n) is 4.08. The molecule has 3 rings (SSSR count). The molecule has 0 unspecified atom stereocenters. The zero-order valence-corrected chi connectivity index (χ0v) is 14.8. The van der Waals surface area contributed by atoms with Crippen molar-refractivity contribution in [1.29, 1.82) is 0 Å². The number of thioether (sulfide) groups is 1. The summed E-state index contributed by atoms with van der Waals surface area (Å²) >= 11 is 1.68. The number of aromatic nitrogens is 2. The maximum Gasteiger partial charge on any atom is 0.186 e. The van der Waals surface area contributed by atoms with Crippen LogP contribution in [-0.4, -0.2) is 34.6 Å². The molecule has 0 atom stereocenters. The minimum atomic E-state index is -1.27. The van der Waals surface area contributed by atoms with Crippen LogP contribution in [0.4, 0.5) is 24.7 Å². The van der Waals surface area contributed by atoms with E-state index in [9.17, 15) is 8.78 Å². The highest BCUT2D eigenvalue weighted by Crippen LogP contribution is 2.36. The highest BCUT2D eigenvalue weighted by molar-refractivity contribution is 7.99. The molecule has 1 saturated heterocycles. The van der Waals surface area contributed by atoms with Crippen molar-refractivity contribution in [2.75, 3.05) is 35.2 Å². The largest absolute Gasteiger partial charge is 0.383 e. The van der Waals surface area contributed by atoms with Crippen LogP contribution in [0, 0.1) is 17.5 Å². The van der Waals surface area contributed by atoms with E-state index in [1.54, 1.807) is 17.8 Å². The number of benzene rings is 1. The molecule has 8 heteroatoms. The normalized spacial score (nSPS) is 15.3. The van der Waals surface area contributed by atoms with Crippen LogP contribution in [0.5, 0.6) is 0 Å². The van der Waals surface area contributed by atoms with Crippen LogP contribution >= 0.6 is 11.8 Å². The molecule has 2 heterocycles. The smallest absolute Gasteiger partial charge is 0.186 e. The first-order valence-electron chi connectivity index (χ1n) is 7.91. The van der Waals surface area contributed by atoms with Crippen molar-refractivity contribution in [3.8, 4) is 0 Å². The summed E-state index contributed by atoms with van der Waals surface area (Å²) in [5.41, 5.74) is 5.46. The second-order valence-corrected chi connectivity index (χ2v) is 6.83. The number of allylic oxidation sites excluding steroid dienone is 4. The number of halogens is 3. The summed E-state index contributed by atoms with van der Waals surface area (Å²) in [7, 11) is 0. The Bertz CT molecular complexity index is 921. The summed E-state index contributed by atoms with van der Waals surface area (Å²) in [6.45, 7) is 8.05. The lowest BCUT2D eigenvalue weighted by atomic mass is 10.1. The van der Waals surface area contributed by atoms with E-state index in [0.717, 1.165) is 0 Å². The third kappa shape index (κ3) is 3.05. The van der Waals surface area contributed by atoms with E-state index in [4.69, 9.17) is 5.73 Å². The highest BCUT2D eigenvalue weighted by atomic mass is 32.2. The summed E-state index contributed by atoms with van der Waals surface area (Å²) in [6, 6.07) is 0. The summed E-state index contributed by atoms with van der Waals surface area (Å²) < 4.78 is 44.4. The fraction of sp³-hybridized carbons (Fsp3) is 0.222. The molecule has 2 aromatic rings. The minimum Gasteiger partial charge on any atom is -0.383 e. The quantitative estimate of drug-likeness (QED) is 0.645. The van der Waals surface area contributed by atoms with Gasteiger partial charge >= 0.3 is 0 Å². The summed E-state index contributed by atoms with van der Waals surface area (Å²) in [5, 5.41) is -0.458. The zero-order chi connectivity index (χ0) is 18.8. The topological polar surface area (TPSA) is 55.0 Å². The predicted octanol–water partition coefficient (Wildman–Crippen LogP) is 3.94. The number of nitrogens with two attached hydrogens (primary N) is 1. The average Bonchev–Trinajstić information content (AvgIpc) is 2.64. The molecule has 1 aliphatic heterocycles. The molecule has 0 saturated carbocycles. The molecular weight excluding hydrogens is 361 g/mol. The molecule has 1 aliphatic rings. The van der Waals surface area contributed by atoms with Gasteiger partial charge in [0.1, 0.15) is 17.0 Å². The van der Waals surface area contributed by atoms with Gasteiger partial charge in [0.25, 0.3) is 0 Å². The number of rotatable bonds is 4. The maximum atomic E-state index is 15.1. The van der Waals surface area contributed by atoms with Crippen LogP contribution in [0.1, 0.15) is 5.82 Å². The minimum absolute atomic E-state index is 0.0648. The van der Waals surface area contributed by atoms with Crippen LogP contribution in [0.15, 0.2) is 31.4 Å². The number of nitrogen functional groups attached to an aromatic ring is 1. The highest BCUT2D eigenvalue weighted by Gasteiger charge is 2.28. The lowest BCUT2D eigenvalue weighted by Crippen LogP contribution is -2.34. The lowest BCUT2D eigenvalue weighted by Gasteiger charge is -2.29. The molecule has 1 aromatic heterocycles. The van der Waals surface area contributed by atoms with Gasteiger partial charge in [0.15, 0.2) is 23.3 Å². The van der Waals surface area contributed by atoms with Gasteiger partial charge in [-0.15, -0.1) is 0 Å². The number of nitrogens with zero attached hydrogens (tertiary/aromatic N) is 3. The average molecular weight is 378 g/mol. The SMILES string of the molecule is C=C/C=C(\C=C)c1nc(N)c2c(F)c(F)c(N3CCSCC3)c(F)c2n1. The Morgan fingerprint density at radius 1 is 1.08 bits per heavy atom. The fourth-order valence-corrected chi connectivity index (χ4v) is 3.73. The Balaban J connectivity index is 2.30. The van der Waals surface area contributed by atoms with Gasteiger partial charge in [0.2, 0.25) is 0 Å². The Morgan fingerprint density at radius 3 is 2.38 bits per heavy atom. The molecule has 0 spiro atoms. The second kappa shape index (κ2) is 7.41. The van der Waals surface area contributed by atoms with Crippen LogP contribution in [0.3, 0.4) is 0 Å².